The molecule has 0 unspecified atom stereocenters. The standard InChI is InChI=1S/C31H33Cl2N5O3/c1-18-16-38(17-19(2)35-18)23-10-8-22(9-11-23)31(39)36-20(3)24-12-6-21(14-26(24)37-34)7-13-25-29(32)27(40-4)15-28(41-5)30(25)33/h6,8-12,14-15,18-19,35,37H,3,16-17,34H2,1-2,4-5H3,(H,36,39)/t18-,19+. The van der Waals surface area contributed by atoms with Gasteiger partial charge in [0.15, 0.2) is 0 Å². The van der Waals surface area contributed by atoms with Crippen molar-refractivity contribution < 1.29 is 14.3 Å². The normalized spacial score (nSPS) is 16.3. The molecule has 3 aromatic rings. The Hall–Kier alpha value is -3.87. The molecule has 10 heteroatoms. The van der Waals surface area contributed by atoms with E-state index in [-0.39, 0.29) is 16.0 Å². The van der Waals surface area contributed by atoms with Crippen molar-refractivity contribution in [2.45, 2.75) is 25.9 Å². The number of ether oxygens (including phenoxy) is 2. The molecule has 0 bridgehead atoms. The predicted molar refractivity (Wildman–Crippen MR) is 167 cm³/mol. The topological polar surface area (TPSA) is 101 Å². The number of rotatable bonds is 7. The Labute approximate surface area is 250 Å². The summed E-state index contributed by atoms with van der Waals surface area (Å²) in [4.78, 5) is 15.3. The first-order chi connectivity index (χ1) is 19.6. The minimum atomic E-state index is -0.272. The van der Waals surface area contributed by atoms with E-state index in [4.69, 9.17) is 38.5 Å². The number of hydrogen-bond acceptors (Lipinski definition) is 7. The number of nitrogens with two attached hydrogens (primary N) is 1. The highest BCUT2D eigenvalue weighted by Gasteiger charge is 2.21. The van der Waals surface area contributed by atoms with Crippen LogP contribution in [0.5, 0.6) is 11.5 Å². The minimum absolute atomic E-state index is 0.272. The molecule has 1 amide bonds. The van der Waals surface area contributed by atoms with Crippen molar-refractivity contribution in [1.29, 1.82) is 0 Å². The number of carbonyl (C=O) groups is 1. The van der Waals surface area contributed by atoms with Crippen molar-refractivity contribution in [1.82, 2.24) is 10.6 Å². The average molecular weight is 595 g/mol. The van der Waals surface area contributed by atoms with Crippen molar-refractivity contribution in [3.8, 4) is 23.3 Å². The molecule has 4 rings (SSSR count). The van der Waals surface area contributed by atoms with Gasteiger partial charge < -0.3 is 30.4 Å². The summed E-state index contributed by atoms with van der Waals surface area (Å²) in [5.74, 6) is 12.4. The van der Waals surface area contributed by atoms with E-state index in [1.807, 2.05) is 24.3 Å². The number of amides is 1. The number of hydrazine groups is 1. The second-order valence-electron chi connectivity index (χ2n) is 9.79. The first kappa shape index (κ1) is 30.1. The minimum Gasteiger partial charge on any atom is -0.495 e. The van der Waals surface area contributed by atoms with E-state index in [1.54, 1.807) is 24.3 Å². The molecular formula is C31H33Cl2N5O3. The van der Waals surface area contributed by atoms with Crippen molar-refractivity contribution >= 4 is 46.2 Å². The van der Waals surface area contributed by atoms with Crippen LogP contribution in [0.3, 0.4) is 0 Å². The number of anilines is 2. The fraction of sp³-hybridized carbons (Fsp3) is 0.258. The van der Waals surface area contributed by atoms with Gasteiger partial charge in [-0.1, -0.05) is 41.6 Å². The second kappa shape index (κ2) is 13.2. The number of carbonyl (C=O) groups excluding carboxylic acids is 1. The third kappa shape index (κ3) is 6.89. The van der Waals surface area contributed by atoms with E-state index < -0.39 is 0 Å². The summed E-state index contributed by atoms with van der Waals surface area (Å²) in [5.41, 5.74) is 6.80. The summed E-state index contributed by atoms with van der Waals surface area (Å²) in [7, 11) is 3.00. The summed E-state index contributed by atoms with van der Waals surface area (Å²) in [6.45, 7) is 10.2. The fourth-order valence-electron chi connectivity index (χ4n) is 4.77. The molecular weight excluding hydrogens is 561 g/mol. The molecule has 8 nitrogen and oxygen atoms in total. The number of benzene rings is 3. The maximum Gasteiger partial charge on any atom is 0.255 e. The number of nitrogens with zero attached hydrogens (tertiary/aromatic N) is 1. The zero-order valence-electron chi connectivity index (χ0n) is 23.4. The Kier molecular flexibility index (Phi) is 9.69. The zero-order chi connectivity index (χ0) is 29.7. The van der Waals surface area contributed by atoms with E-state index in [9.17, 15) is 4.79 Å². The van der Waals surface area contributed by atoms with E-state index >= 15 is 0 Å². The van der Waals surface area contributed by atoms with Gasteiger partial charge in [-0.25, -0.2) is 0 Å². The van der Waals surface area contributed by atoms with Crippen LogP contribution in [-0.2, 0) is 0 Å². The molecule has 0 spiro atoms. The number of hydrogen-bond donors (Lipinski definition) is 4. The molecule has 0 aliphatic carbocycles. The van der Waals surface area contributed by atoms with Gasteiger partial charge in [-0.2, -0.15) is 0 Å². The van der Waals surface area contributed by atoms with Gasteiger partial charge >= 0.3 is 0 Å². The fourth-order valence-corrected chi connectivity index (χ4v) is 5.37. The van der Waals surface area contributed by atoms with Crippen LogP contribution in [0, 0.1) is 11.8 Å². The molecule has 2 atom stereocenters. The van der Waals surface area contributed by atoms with Crippen LogP contribution in [0.4, 0.5) is 11.4 Å². The van der Waals surface area contributed by atoms with Gasteiger partial charge in [0.1, 0.15) is 11.5 Å². The Balaban J connectivity index is 1.49. The number of nitrogens with one attached hydrogen (secondary N) is 3. The molecule has 1 saturated heterocycles. The molecule has 1 fully saturated rings. The smallest absolute Gasteiger partial charge is 0.255 e. The Morgan fingerprint density at radius 1 is 1.00 bits per heavy atom. The Bertz CT molecular complexity index is 1480. The SMILES string of the molecule is C=C(NC(=O)c1ccc(N2C[C@@H](C)N[C@@H](C)C2)cc1)c1ccc(C#Cc2c(Cl)c(OC)cc(OC)c2Cl)cc1NN. The maximum absolute atomic E-state index is 13.0. The molecule has 1 aliphatic heterocycles. The van der Waals surface area contributed by atoms with Crippen LogP contribution < -0.4 is 36.3 Å². The van der Waals surface area contributed by atoms with Crippen molar-refractivity contribution in [2.75, 3.05) is 37.6 Å². The highest BCUT2D eigenvalue weighted by Crippen LogP contribution is 2.39. The summed E-state index contributed by atoms with van der Waals surface area (Å²) >= 11 is 12.9. The van der Waals surface area contributed by atoms with Gasteiger partial charge in [-0.15, -0.1) is 0 Å². The number of methoxy groups -OCH3 is 2. The molecule has 214 valence electrons. The first-order valence-electron chi connectivity index (χ1n) is 13.0. The van der Waals surface area contributed by atoms with Gasteiger partial charge in [-0.05, 0) is 56.3 Å². The summed E-state index contributed by atoms with van der Waals surface area (Å²) < 4.78 is 10.6. The molecule has 3 aromatic carbocycles. The average Bonchev–Trinajstić information content (AvgIpc) is 2.96. The molecule has 0 saturated carbocycles. The molecule has 1 heterocycles. The third-order valence-electron chi connectivity index (χ3n) is 6.72. The van der Waals surface area contributed by atoms with Gasteiger partial charge in [0, 0.05) is 59.3 Å². The lowest BCUT2D eigenvalue weighted by molar-refractivity contribution is 0.0974. The van der Waals surface area contributed by atoms with Gasteiger partial charge in [-0.3, -0.25) is 10.6 Å². The predicted octanol–water partition coefficient (Wildman–Crippen LogP) is 5.28. The summed E-state index contributed by atoms with van der Waals surface area (Å²) in [6.07, 6.45) is 0. The van der Waals surface area contributed by atoms with Crippen LogP contribution >= 0.6 is 23.2 Å². The number of halogens is 2. The number of piperazine rings is 1. The van der Waals surface area contributed by atoms with Gasteiger partial charge in [0.2, 0.25) is 0 Å². The first-order valence-corrected chi connectivity index (χ1v) is 13.7. The summed E-state index contributed by atoms with van der Waals surface area (Å²) in [5, 5.41) is 6.95. The van der Waals surface area contributed by atoms with E-state index in [2.05, 4.69) is 53.2 Å². The van der Waals surface area contributed by atoms with Crippen LogP contribution in [0.1, 0.15) is 40.9 Å². The van der Waals surface area contributed by atoms with Crippen LogP contribution in [0.2, 0.25) is 10.0 Å². The lowest BCUT2D eigenvalue weighted by atomic mass is 10.1. The maximum atomic E-state index is 13.0. The number of nitrogen functional groups attached to an aromatic ring is 1. The largest absolute Gasteiger partial charge is 0.495 e. The molecule has 0 radical (unpaired) electrons. The van der Waals surface area contributed by atoms with E-state index in [0.29, 0.717) is 57.2 Å². The lowest BCUT2D eigenvalue weighted by Gasteiger charge is -2.37. The molecule has 41 heavy (non-hydrogen) atoms. The molecule has 1 aliphatic rings. The lowest BCUT2D eigenvalue weighted by Crippen LogP contribution is -2.54. The highest BCUT2D eigenvalue weighted by molar-refractivity contribution is 6.38. The van der Waals surface area contributed by atoms with Crippen LogP contribution in [0.15, 0.2) is 55.1 Å². The van der Waals surface area contributed by atoms with Crippen LogP contribution in [0.25, 0.3) is 5.70 Å². The van der Waals surface area contributed by atoms with Gasteiger partial charge in [0.05, 0.1) is 35.5 Å². The molecule has 0 aromatic heterocycles. The van der Waals surface area contributed by atoms with Crippen molar-refractivity contribution in [2.24, 2.45) is 5.84 Å². The van der Waals surface area contributed by atoms with Crippen LogP contribution in [-0.4, -0.2) is 45.3 Å². The molecule has 5 N–H and O–H groups in total. The zero-order valence-corrected chi connectivity index (χ0v) is 24.9. The Morgan fingerprint density at radius 3 is 2.17 bits per heavy atom. The monoisotopic (exact) mass is 593 g/mol. The van der Waals surface area contributed by atoms with E-state index in [1.165, 1.54) is 14.2 Å². The second-order valence-corrected chi connectivity index (χ2v) is 10.5. The third-order valence-corrected chi connectivity index (χ3v) is 7.47. The summed E-state index contributed by atoms with van der Waals surface area (Å²) in [6, 6.07) is 15.3. The van der Waals surface area contributed by atoms with Gasteiger partial charge in [0.25, 0.3) is 5.91 Å². The quantitative estimate of drug-likeness (QED) is 0.168. The van der Waals surface area contributed by atoms with E-state index in [0.717, 1.165) is 18.8 Å². The Morgan fingerprint density at radius 2 is 1.61 bits per heavy atom. The van der Waals surface area contributed by atoms with Crippen molar-refractivity contribution in [3.63, 3.8) is 0 Å². The highest BCUT2D eigenvalue weighted by atomic mass is 35.5. The van der Waals surface area contributed by atoms with Crippen molar-refractivity contribution in [3.05, 3.63) is 87.4 Å².